The van der Waals surface area contributed by atoms with Crippen molar-refractivity contribution in [1.29, 1.82) is 0 Å². The SMILES string of the molecule is CNC(=O)c1cnn(-c2nc(-c3ccc(Cl)cc3)cs2)c1C(F)(F)F. The lowest BCUT2D eigenvalue weighted by molar-refractivity contribution is -0.143. The summed E-state index contributed by atoms with van der Waals surface area (Å²) in [7, 11) is 1.25. The van der Waals surface area contributed by atoms with Crippen molar-refractivity contribution in [2.75, 3.05) is 7.05 Å². The highest BCUT2D eigenvalue weighted by molar-refractivity contribution is 7.12. The van der Waals surface area contributed by atoms with E-state index in [1.807, 2.05) is 0 Å². The monoisotopic (exact) mass is 386 g/mol. The molecule has 3 aromatic rings. The minimum absolute atomic E-state index is 0.00688. The quantitative estimate of drug-likeness (QED) is 0.739. The predicted molar refractivity (Wildman–Crippen MR) is 88.1 cm³/mol. The molecule has 0 saturated heterocycles. The highest BCUT2D eigenvalue weighted by Gasteiger charge is 2.41. The number of nitrogens with zero attached hydrogens (tertiary/aromatic N) is 3. The maximum Gasteiger partial charge on any atom is 0.434 e. The van der Waals surface area contributed by atoms with Crippen LogP contribution in [-0.4, -0.2) is 27.7 Å². The molecule has 1 N–H and O–H groups in total. The van der Waals surface area contributed by atoms with Crippen LogP contribution in [0.15, 0.2) is 35.8 Å². The molecule has 10 heteroatoms. The molecule has 130 valence electrons. The summed E-state index contributed by atoms with van der Waals surface area (Å²) in [5.74, 6) is -0.868. The Morgan fingerprint density at radius 1 is 1.28 bits per heavy atom. The summed E-state index contributed by atoms with van der Waals surface area (Å²) in [6.07, 6.45) is -3.88. The summed E-state index contributed by atoms with van der Waals surface area (Å²) in [5, 5.41) is 8.04. The average Bonchev–Trinajstić information content (AvgIpc) is 3.21. The van der Waals surface area contributed by atoms with Gasteiger partial charge < -0.3 is 5.32 Å². The van der Waals surface area contributed by atoms with Crippen LogP contribution >= 0.6 is 22.9 Å². The Morgan fingerprint density at radius 3 is 2.56 bits per heavy atom. The van der Waals surface area contributed by atoms with E-state index in [9.17, 15) is 18.0 Å². The zero-order chi connectivity index (χ0) is 18.2. The molecular formula is C15H10ClF3N4OS. The lowest BCUT2D eigenvalue weighted by Gasteiger charge is -2.10. The third kappa shape index (κ3) is 3.38. The minimum atomic E-state index is -4.76. The van der Waals surface area contributed by atoms with Crippen LogP contribution in [0.25, 0.3) is 16.4 Å². The van der Waals surface area contributed by atoms with Crippen molar-refractivity contribution in [3.8, 4) is 16.4 Å². The van der Waals surface area contributed by atoms with Crippen molar-refractivity contribution in [3.63, 3.8) is 0 Å². The van der Waals surface area contributed by atoms with Crippen LogP contribution in [0.2, 0.25) is 5.02 Å². The predicted octanol–water partition coefficient (Wildman–Crippen LogP) is 4.03. The van der Waals surface area contributed by atoms with Gasteiger partial charge in [-0.1, -0.05) is 23.7 Å². The maximum atomic E-state index is 13.4. The Kier molecular flexibility index (Phi) is 4.53. The van der Waals surface area contributed by atoms with Gasteiger partial charge in [-0.3, -0.25) is 4.79 Å². The summed E-state index contributed by atoms with van der Waals surface area (Å²) < 4.78 is 40.9. The highest BCUT2D eigenvalue weighted by Crippen LogP contribution is 2.35. The van der Waals surface area contributed by atoms with Gasteiger partial charge in [0.05, 0.1) is 17.5 Å². The smallest absolute Gasteiger partial charge is 0.355 e. The fourth-order valence-electron chi connectivity index (χ4n) is 2.18. The average molecular weight is 387 g/mol. The molecule has 1 amide bonds. The molecule has 2 heterocycles. The van der Waals surface area contributed by atoms with Crippen molar-refractivity contribution < 1.29 is 18.0 Å². The molecule has 0 saturated carbocycles. The largest absolute Gasteiger partial charge is 0.434 e. The molecular weight excluding hydrogens is 377 g/mol. The zero-order valence-corrected chi connectivity index (χ0v) is 14.2. The lowest BCUT2D eigenvalue weighted by atomic mass is 10.2. The first-order valence-corrected chi connectivity index (χ1v) is 8.16. The summed E-state index contributed by atoms with van der Waals surface area (Å²) in [6, 6.07) is 6.75. The van der Waals surface area contributed by atoms with Gasteiger partial charge in [-0.25, -0.2) is 9.67 Å². The number of rotatable bonds is 3. The summed E-state index contributed by atoms with van der Waals surface area (Å²) in [5.41, 5.74) is -0.525. The van der Waals surface area contributed by atoms with Crippen LogP contribution < -0.4 is 5.32 Å². The number of carbonyl (C=O) groups is 1. The molecule has 0 aliphatic rings. The Balaban J connectivity index is 2.07. The number of amides is 1. The van der Waals surface area contributed by atoms with Gasteiger partial charge in [0, 0.05) is 23.0 Å². The van der Waals surface area contributed by atoms with Gasteiger partial charge in [0.25, 0.3) is 5.91 Å². The van der Waals surface area contributed by atoms with E-state index < -0.39 is 23.3 Å². The van der Waals surface area contributed by atoms with E-state index in [2.05, 4.69) is 15.4 Å². The molecule has 25 heavy (non-hydrogen) atoms. The number of carbonyl (C=O) groups excluding carboxylic acids is 1. The first-order valence-electron chi connectivity index (χ1n) is 6.90. The normalized spacial score (nSPS) is 11.6. The van der Waals surface area contributed by atoms with E-state index in [4.69, 9.17) is 11.6 Å². The third-order valence-corrected chi connectivity index (χ3v) is 4.39. The molecule has 0 atom stereocenters. The topological polar surface area (TPSA) is 59.8 Å². The van der Waals surface area contributed by atoms with Gasteiger partial charge in [0.2, 0.25) is 5.13 Å². The molecule has 0 unspecified atom stereocenters. The van der Waals surface area contributed by atoms with Crippen LogP contribution in [0.1, 0.15) is 16.1 Å². The number of halogens is 4. The summed E-state index contributed by atoms with van der Waals surface area (Å²) >= 11 is 6.81. The molecule has 0 aliphatic heterocycles. The zero-order valence-electron chi connectivity index (χ0n) is 12.6. The van der Waals surface area contributed by atoms with Crippen molar-refractivity contribution >= 4 is 28.8 Å². The van der Waals surface area contributed by atoms with E-state index in [0.717, 1.165) is 17.5 Å². The van der Waals surface area contributed by atoms with Gasteiger partial charge in [0.1, 0.15) is 0 Å². The molecule has 0 bridgehead atoms. The van der Waals surface area contributed by atoms with E-state index >= 15 is 0 Å². The fourth-order valence-corrected chi connectivity index (χ4v) is 3.10. The second-order valence-electron chi connectivity index (χ2n) is 4.92. The molecule has 0 spiro atoms. The number of alkyl halides is 3. The van der Waals surface area contributed by atoms with Gasteiger partial charge >= 0.3 is 6.18 Å². The second-order valence-corrected chi connectivity index (χ2v) is 6.19. The van der Waals surface area contributed by atoms with Crippen molar-refractivity contribution in [1.82, 2.24) is 20.1 Å². The third-order valence-electron chi connectivity index (χ3n) is 3.32. The Hall–Kier alpha value is -2.39. The van der Waals surface area contributed by atoms with Crippen LogP contribution in [0, 0.1) is 0 Å². The van der Waals surface area contributed by atoms with Crippen molar-refractivity contribution in [3.05, 3.63) is 52.1 Å². The first-order chi connectivity index (χ1) is 11.8. The highest BCUT2D eigenvalue weighted by atomic mass is 35.5. The van der Waals surface area contributed by atoms with Crippen molar-refractivity contribution in [2.24, 2.45) is 0 Å². The Morgan fingerprint density at radius 2 is 1.96 bits per heavy atom. The molecule has 2 aromatic heterocycles. The molecule has 0 aliphatic carbocycles. The number of hydrogen-bond donors (Lipinski definition) is 1. The molecule has 5 nitrogen and oxygen atoms in total. The summed E-state index contributed by atoms with van der Waals surface area (Å²) in [4.78, 5) is 15.9. The van der Waals surface area contributed by atoms with Gasteiger partial charge in [0.15, 0.2) is 5.69 Å². The summed E-state index contributed by atoms with van der Waals surface area (Å²) in [6.45, 7) is 0. The number of aromatic nitrogens is 3. The van der Waals surface area contributed by atoms with Crippen LogP contribution in [0.3, 0.4) is 0 Å². The van der Waals surface area contributed by atoms with E-state index in [1.165, 1.54) is 7.05 Å². The van der Waals surface area contributed by atoms with E-state index in [-0.39, 0.29) is 5.13 Å². The number of nitrogens with one attached hydrogen (secondary N) is 1. The van der Waals surface area contributed by atoms with Crippen LogP contribution in [0.5, 0.6) is 0 Å². The van der Waals surface area contributed by atoms with E-state index in [0.29, 0.717) is 21.0 Å². The Labute approximate surface area is 149 Å². The molecule has 1 aromatic carbocycles. The minimum Gasteiger partial charge on any atom is -0.355 e. The van der Waals surface area contributed by atoms with Crippen LogP contribution in [-0.2, 0) is 6.18 Å². The van der Waals surface area contributed by atoms with Gasteiger partial charge in [-0.05, 0) is 12.1 Å². The van der Waals surface area contributed by atoms with Crippen molar-refractivity contribution in [2.45, 2.75) is 6.18 Å². The maximum absolute atomic E-state index is 13.4. The first kappa shape index (κ1) is 17.4. The van der Waals surface area contributed by atoms with E-state index in [1.54, 1.807) is 29.6 Å². The number of benzene rings is 1. The molecule has 3 rings (SSSR count). The van der Waals surface area contributed by atoms with Gasteiger partial charge in [-0.2, -0.15) is 18.3 Å². The van der Waals surface area contributed by atoms with Gasteiger partial charge in [-0.15, -0.1) is 11.3 Å². The lowest BCUT2D eigenvalue weighted by Crippen LogP contribution is -2.23. The molecule has 0 radical (unpaired) electrons. The fraction of sp³-hybridized carbons (Fsp3) is 0.133. The standard InChI is InChI=1S/C15H10ClF3N4OS/c1-20-13(24)10-6-21-23(12(10)15(17,18)19)14-22-11(7-25-14)8-2-4-9(16)5-3-8/h2-7H,1H3,(H,20,24). The Bertz CT molecular complexity index is 918. The second kappa shape index (κ2) is 6.49. The number of hydrogen-bond acceptors (Lipinski definition) is 4. The van der Waals surface area contributed by atoms with Crippen LogP contribution in [0.4, 0.5) is 13.2 Å². The molecule has 0 fully saturated rings. The number of thiazole rings is 1.